The number of hydrogen-bond donors (Lipinski definition) is 3. The van der Waals surface area contributed by atoms with Crippen LogP contribution in [0.5, 0.6) is 0 Å². The van der Waals surface area contributed by atoms with Crippen molar-refractivity contribution in [2.24, 2.45) is 11.7 Å². The molecule has 152 valence electrons. The Morgan fingerprint density at radius 1 is 1.30 bits per heavy atom. The third-order valence-electron chi connectivity index (χ3n) is 4.34. The predicted octanol–water partition coefficient (Wildman–Crippen LogP) is 0.118. The lowest BCUT2D eigenvalue weighted by molar-refractivity contribution is -0.144. The van der Waals surface area contributed by atoms with E-state index in [1.54, 1.807) is 13.8 Å². The third-order valence-corrected chi connectivity index (χ3v) is 5.61. The van der Waals surface area contributed by atoms with Crippen LogP contribution in [0.25, 0.3) is 0 Å². The van der Waals surface area contributed by atoms with E-state index in [9.17, 15) is 29.1 Å². The first-order chi connectivity index (χ1) is 12.7. The van der Waals surface area contributed by atoms with Crippen molar-refractivity contribution in [1.82, 2.24) is 10.2 Å². The summed E-state index contributed by atoms with van der Waals surface area (Å²) in [6.07, 6.45) is 1.19. The quantitative estimate of drug-likeness (QED) is 0.471. The van der Waals surface area contributed by atoms with Gasteiger partial charge in [-0.1, -0.05) is 25.6 Å². The molecule has 0 radical (unpaired) electrons. The van der Waals surface area contributed by atoms with Crippen LogP contribution in [0.4, 0.5) is 0 Å². The Morgan fingerprint density at radius 2 is 1.96 bits per heavy atom. The Morgan fingerprint density at radius 3 is 2.52 bits per heavy atom. The molecular weight excluding hydrogens is 374 g/mol. The van der Waals surface area contributed by atoms with Gasteiger partial charge in [-0.05, 0) is 19.3 Å². The van der Waals surface area contributed by atoms with Crippen LogP contribution in [-0.4, -0.2) is 63.2 Å². The van der Waals surface area contributed by atoms with Crippen molar-refractivity contribution in [2.75, 3.05) is 12.3 Å². The second-order valence-electron chi connectivity index (χ2n) is 6.53. The van der Waals surface area contributed by atoms with Crippen LogP contribution in [0, 0.1) is 5.92 Å². The summed E-state index contributed by atoms with van der Waals surface area (Å²) in [6, 6.07) is -1.99. The summed E-state index contributed by atoms with van der Waals surface area (Å²) in [7, 11) is 0. The number of likely N-dealkylation sites (tertiary alicyclic amines) is 1. The van der Waals surface area contributed by atoms with Crippen LogP contribution in [-0.2, 0) is 24.0 Å². The molecule has 0 spiro atoms. The molecule has 1 rings (SSSR count). The molecule has 10 heteroatoms. The number of nitrogens with zero attached hydrogens (tertiary/aromatic N) is 1. The minimum atomic E-state index is -1.26. The fraction of sp³-hybridized carbons (Fsp3) is 0.706. The number of carboxylic acids is 1. The standard InChI is InChI=1S/C17H27N3O6S/c1-3-14(22)27-9-10(2)16(24)20-8-4-5-12(20)15(23)19-11(17(25)26)6-7-13(18)21/h10-12H,3-9H2,1-2H3,(H2,18,21)(H,19,23)(H,25,26)/t10?,11-,12-/m0/s1. The number of carbonyl (C=O) groups excluding carboxylic acids is 4. The van der Waals surface area contributed by atoms with Gasteiger partial charge < -0.3 is 21.1 Å². The molecule has 0 aromatic heterocycles. The monoisotopic (exact) mass is 401 g/mol. The third kappa shape index (κ3) is 7.20. The van der Waals surface area contributed by atoms with Crippen molar-refractivity contribution in [3.63, 3.8) is 0 Å². The SMILES string of the molecule is CCC(=O)SCC(C)C(=O)N1CCC[C@H]1C(=O)N[C@@H](CCC(N)=O)C(=O)O. The van der Waals surface area contributed by atoms with E-state index >= 15 is 0 Å². The summed E-state index contributed by atoms with van der Waals surface area (Å²) in [6.45, 7) is 3.87. The van der Waals surface area contributed by atoms with E-state index in [-0.39, 0.29) is 23.9 Å². The fourth-order valence-electron chi connectivity index (χ4n) is 2.79. The van der Waals surface area contributed by atoms with Crippen LogP contribution >= 0.6 is 11.8 Å². The fourth-order valence-corrected chi connectivity index (χ4v) is 3.57. The first-order valence-corrected chi connectivity index (χ1v) is 9.93. The number of primary amides is 1. The van der Waals surface area contributed by atoms with Gasteiger partial charge in [0, 0.05) is 31.1 Å². The molecule has 0 aromatic carbocycles. The van der Waals surface area contributed by atoms with Crippen LogP contribution in [0.3, 0.4) is 0 Å². The van der Waals surface area contributed by atoms with E-state index < -0.39 is 35.8 Å². The highest BCUT2D eigenvalue weighted by Crippen LogP contribution is 2.22. The van der Waals surface area contributed by atoms with Gasteiger partial charge in [-0.25, -0.2) is 4.79 Å². The maximum Gasteiger partial charge on any atom is 0.326 e. The van der Waals surface area contributed by atoms with E-state index in [0.29, 0.717) is 31.6 Å². The van der Waals surface area contributed by atoms with Crippen LogP contribution < -0.4 is 11.1 Å². The van der Waals surface area contributed by atoms with E-state index in [1.807, 2.05) is 0 Å². The normalized spacial score (nSPS) is 18.6. The highest BCUT2D eigenvalue weighted by atomic mass is 32.2. The Hall–Kier alpha value is -2.10. The molecule has 0 aromatic rings. The Bertz CT molecular complexity index is 597. The molecular formula is C17H27N3O6S. The Labute approximate surface area is 162 Å². The van der Waals surface area contributed by atoms with Gasteiger partial charge in [-0.15, -0.1) is 0 Å². The lowest BCUT2D eigenvalue weighted by atomic mass is 10.1. The number of nitrogens with two attached hydrogens (primary N) is 1. The lowest BCUT2D eigenvalue weighted by Crippen LogP contribution is -2.52. The van der Waals surface area contributed by atoms with Crippen LogP contribution in [0.15, 0.2) is 0 Å². The van der Waals surface area contributed by atoms with Crippen LogP contribution in [0.1, 0.15) is 46.0 Å². The highest BCUT2D eigenvalue weighted by molar-refractivity contribution is 8.13. The predicted molar refractivity (Wildman–Crippen MR) is 99.6 cm³/mol. The number of amides is 3. The van der Waals surface area contributed by atoms with Gasteiger partial charge in [0.1, 0.15) is 12.1 Å². The molecule has 27 heavy (non-hydrogen) atoms. The Kier molecular flexibility index (Phi) is 9.27. The summed E-state index contributed by atoms with van der Waals surface area (Å²) in [5.74, 6) is -2.78. The molecule has 1 fully saturated rings. The maximum atomic E-state index is 12.6. The minimum absolute atomic E-state index is 0.00381. The molecule has 1 aliphatic heterocycles. The molecule has 1 saturated heterocycles. The van der Waals surface area contributed by atoms with E-state index in [4.69, 9.17) is 5.73 Å². The van der Waals surface area contributed by atoms with Crippen molar-refractivity contribution in [3.05, 3.63) is 0 Å². The van der Waals surface area contributed by atoms with Crippen molar-refractivity contribution < 1.29 is 29.1 Å². The minimum Gasteiger partial charge on any atom is -0.480 e. The van der Waals surface area contributed by atoms with Gasteiger partial charge in [0.25, 0.3) is 0 Å². The second-order valence-corrected chi connectivity index (χ2v) is 7.61. The smallest absolute Gasteiger partial charge is 0.326 e. The van der Waals surface area contributed by atoms with Gasteiger partial charge >= 0.3 is 5.97 Å². The summed E-state index contributed by atoms with van der Waals surface area (Å²) < 4.78 is 0. The molecule has 1 aliphatic rings. The molecule has 1 heterocycles. The second kappa shape index (κ2) is 10.9. The largest absolute Gasteiger partial charge is 0.480 e. The van der Waals surface area contributed by atoms with Gasteiger partial charge in [-0.2, -0.15) is 0 Å². The van der Waals surface area contributed by atoms with Gasteiger partial charge in [0.05, 0.1) is 0 Å². The number of nitrogens with one attached hydrogen (secondary N) is 1. The van der Waals surface area contributed by atoms with Crippen molar-refractivity contribution >= 4 is 40.6 Å². The van der Waals surface area contributed by atoms with Crippen LogP contribution in [0.2, 0.25) is 0 Å². The number of carboxylic acid groups (broad SMARTS) is 1. The number of carbonyl (C=O) groups is 5. The summed E-state index contributed by atoms with van der Waals surface area (Å²) in [4.78, 5) is 60.1. The molecule has 0 bridgehead atoms. The van der Waals surface area contributed by atoms with E-state index in [0.717, 1.165) is 11.8 Å². The van der Waals surface area contributed by atoms with Crippen molar-refractivity contribution in [1.29, 1.82) is 0 Å². The summed E-state index contributed by atoms with van der Waals surface area (Å²) in [5, 5.41) is 11.6. The summed E-state index contributed by atoms with van der Waals surface area (Å²) >= 11 is 1.10. The van der Waals surface area contributed by atoms with Gasteiger partial charge in [0.2, 0.25) is 17.7 Å². The topological polar surface area (TPSA) is 147 Å². The van der Waals surface area contributed by atoms with E-state index in [2.05, 4.69) is 5.32 Å². The number of hydrogen-bond acceptors (Lipinski definition) is 6. The highest BCUT2D eigenvalue weighted by Gasteiger charge is 2.37. The average Bonchev–Trinajstić information content (AvgIpc) is 3.11. The molecule has 9 nitrogen and oxygen atoms in total. The van der Waals surface area contributed by atoms with Crippen molar-refractivity contribution in [2.45, 2.75) is 58.0 Å². The maximum absolute atomic E-state index is 12.6. The first kappa shape index (κ1) is 22.9. The molecule has 0 aliphatic carbocycles. The molecule has 4 N–H and O–H groups in total. The molecule has 3 amide bonds. The van der Waals surface area contributed by atoms with Crippen molar-refractivity contribution in [3.8, 4) is 0 Å². The summed E-state index contributed by atoms with van der Waals surface area (Å²) in [5.41, 5.74) is 5.03. The average molecular weight is 401 g/mol. The molecule has 0 saturated carbocycles. The molecule has 3 atom stereocenters. The number of thioether (sulfide) groups is 1. The van der Waals surface area contributed by atoms with Gasteiger partial charge in [0.15, 0.2) is 5.12 Å². The first-order valence-electron chi connectivity index (χ1n) is 8.94. The Balaban J connectivity index is 2.69. The van der Waals surface area contributed by atoms with Gasteiger partial charge in [-0.3, -0.25) is 19.2 Å². The zero-order chi connectivity index (χ0) is 20.6. The number of rotatable bonds is 10. The zero-order valence-electron chi connectivity index (χ0n) is 15.6. The van der Waals surface area contributed by atoms with E-state index in [1.165, 1.54) is 4.90 Å². The lowest BCUT2D eigenvalue weighted by Gasteiger charge is -2.27. The zero-order valence-corrected chi connectivity index (χ0v) is 16.4. The number of aliphatic carboxylic acids is 1. The molecule has 1 unspecified atom stereocenters.